The van der Waals surface area contributed by atoms with Crippen molar-refractivity contribution in [2.75, 3.05) is 0 Å². The Morgan fingerprint density at radius 3 is 2.67 bits per heavy atom. The quantitative estimate of drug-likeness (QED) is 0.513. The summed E-state index contributed by atoms with van der Waals surface area (Å²) in [5.74, 6) is 2.81. The molecule has 0 aromatic heterocycles. The van der Waals surface area contributed by atoms with Gasteiger partial charge >= 0.3 is 0 Å². The third-order valence-electron chi connectivity index (χ3n) is 6.62. The standard InChI is InChI=1S/C15H24/c1-10-5-7-14(3)11(2)12-6-8-15(14,4)13(10)9-12/h10,12-13H,2,5-9H2,1,3-4H3/t10-,12+,13-,14-,15-/m0/s1. The summed E-state index contributed by atoms with van der Waals surface area (Å²) in [6, 6.07) is 0. The van der Waals surface area contributed by atoms with Gasteiger partial charge < -0.3 is 0 Å². The summed E-state index contributed by atoms with van der Waals surface area (Å²) in [6.07, 6.45) is 7.17. The van der Waals surface area contributed by atoms with Gasteiger partial charge in [-0.05, 0) is 60.7 Å². The monoisotopic (exact) mass is 204 g/mol. The molecule has 0 aromatic rings. The third kappa shape index (κ3) is 0.946. The molecule has 0 N–H and O–H groups in total. The van der Waals surface area contributed by atoms with Gasteiger partial charge in [0.1, 0.15) is 0 Å². The Morgan fingerprint density at radius 2 is 1.93 bits per heavy atom. The fraction of sp³-hybridized carbons (Fsp3) is 0.867. The lowest BCUT2D eigenvalue weighted by molar-refractivity contribution is -0.123. The van der Waals surface area contributed by atoms with Crippen LogP contribution in [0.15, 0.2) is 12.2 Å². The van der Waals surface area contributed by atoms with Crippen LogP contribution in [0.2, 0.25) is 0 Å². The minimum Gasteiger partial charge on any atom is -0.0990 e. The van der Waals surface area contributed by atoms with Gasteiger partial charge in [-0.15, -0.1) is 0 Å². The molecular weight excluding hydrogens is 180 g/mol. The second-order valence-electron chi connectivity index (χ2n) is 6.87. The van der Waals surface area contributed by atoms with Gasteiger partial charge in [-0.2, -0.15) is 0 Å². The van der Waals surface area contributed by atoms with E-state index in [0.29, 0.717) is 10.8 Å². The van der Waals surface area contributed by atoms with Crippen molar-refractivity contribution in [2.24, 2.45) is 28.6 Å². The van der Waals surface area contributed by atoms with Crippen molar-refractivity contribution < 1.29 is 0 Å². The Labute approximate surface area is 94.1 Å². The van der Waals surface area contributed by atoms with E-state index in [-0.39, 0.29) is 0 Å². The first-order chi connectivity index (χ1) is 6.99. The van der Waals surface area contributed by atoms with Crippen molar-refractivity contribution in [2.45, 2.75) is 52.9 Å². The smallest absolute Gasteiger partial charge is 0.00597 e. The van der Waals surface area contributed by atoms with Crippen molar-refractivity contribution in [1.29, 1.82) is 0 Å². The van der Waals surface area contributed by atoms with Crippen LogP contribution in [0.3, 0.4) is 0 Å². The van der Waals surface area contributed by atoms with Crippen LogP contribution < -0.4 is 0 Å². The summed E-state index contributed by atoms with van der Waals surface area (Å²) in [7, 11) is 0. The summed E-state index contributed by atoms with van der Waals surface area (Å²) < 4.78 is 0. The molecule has 0 unspecified atom stereocenters. The predicted octanol–water partition coefficient (Wildman–Crippen LogP) is 4.42. The van der Waals surface area contributed by atoms with Gasteiger partial charge in [-0.25, -0.2) is 0 Å². The van der Waals surface area contributed by atoms with E-state index in [1.54, 1.807) is 5.57 Å². The average Bonchev–Trinajstić information content (AvgIpc) is 2.21. The molecule has 4 bridgehead atoms. The fourth-order valence-corrected chi connectivity index (χ4v) is 5.19. The normalized spacial score (nSPS) is 58.3. The van der Waals surface area contributed by atoms with Gasteiger partial charge in [-0.1, -0.05) is 32.9 Å². The minimum absolute atomic E-state index is 0.478. The second kappa shape index (κ2) is 2.70. The number of allylic oxidation sites excluding steroid dienone is 1. The van der Waals surface area contributed by atoms with Crippen LogP contribution in [-0.2, 0) is 0 Å². The van der Waals surface area contributed by atoms with Gasteiger partial charge in [0.2, 0.25) is 0 Å². The Balaban J connectivity index is 2.11. The van der Waals surface area contributed by atoms with E-state index in [2.05, 4.69) is 27.4 Å². The molecule has 0 heterocycles. The lowest BCUT2D eigenvalue weighted by Crippen LogP contribution is -2.58. The molecule has 0 amide bonds. The molecule has 4 aliphatic carbocycles. The molecule has 15 heavy (non-hydrogen) atoms. The van der Waals surface area contributed by atoms with Crippen LogP contribution in [0.25, 0.3) is 0 Å². The van der Waals surface area contributed by atoms with Crippen LogP contribution in [-0.4, -0.2) is 0 Å². The lowest BCUT2D eigenvalue weighted by atomic mass is 9.37. The average molecular weight is 204 g/mol. The molecular formula is C15H24. The molecule has 0 spiro atoms. The van der Waals surface area contributed by atoms with Gasteiger partial charge in [0.05, 0.1) is 0 Å². The van der Waals surface area contributed by atoms with E-state index >= 15 is 0 Å². The highest BCUT2D eigenvalue weighted by Gasteiger charge is 2.61. The Hall–Kier alpha value is -0.260. The maximum absolute atomic E-state index is 4.46. The first kappa shape index (κ1) is 9.93. The first-order valence-electron chi connectivity index (χ1n) is 6.68. The first-order valence-corrected chi connectivity index (χ1v) is 6.68. The van der Waals surface area contributed by atoms with E-state index in [0.717, 1.165) is 17.8 Å². The molecule has 0 heteroatoms. The summed E-state index contributed by atoms with van der Waals surface area (Å²) in [5, 5.41) is 0. The molecule has 5 atom stereocenters. The van der Waals surface area contributed by atoms with Crippen LogP contribution >= 0.6 is 0 Å². The van der Waals surface area contributed by atoms with E-state index in [9.17, 15) is 0 Å². The van der Waals surface area contributed by atoms with Crippen molar-refractivity contribution in [3.05, 3.63) is 12.2 Å². The maximum atomic E-state index is 4.46. The molecule has 0 saturated heterocycles. The molecule has 0 nitrogen and oxygen atoms in total. The van der Waals surface area contributed by atoms with Gasteiger partial charge in [0.25, 0.3) is 0 Å². The minimum atomic E-state index is 0.478. The zero-order valence-corrected chi connectivity index (χ0v) is 10.5. The van der Waals surface area contributed by atoms with Gasteiger partial charge in [-0.3, -0.25) is 0 Å². The SMILES string of the molecule is C=C1[C@@H]2CC[C@@]3(C)[C@@H](C2)[C@@H](C)CC[C@@]13C. The van der Waals surface area contributed by atoms with Crippen molar-refractivity contribution >= 4 is 0 Å². The zero-order chi connectivity index (χ0) is 10.8. The number of rotatable bonds is 0. The zero-order valence-electron chi connectivity index (χ0n) is 10.5. The van der Waals surface area contributed by atoms with E-state index in [1.807, 2.05) is 0 Å². The molecule has 0 aliphatic heterocycles. The van der Waals surface area contributed by atoms with Crippen molar-refractivity contribution in [3.63, 3.8) is 0 Å². The third-order valence-corrected chi connectivity index (χ3v) is 6.62. The summed E-state index contributed by atoms with van der Waals surface area (Å²) in [6.45, 7) is 12.0. The fourth-order valence-electron chi connectivity index (χ4n) is 5.19. The Morgan fingerprint density at radius 1 is 1.20 bits per heavy atom. The van der Waals surface area contributed by atoms with Crippen LogP contribution in [0.5, 0.6) is 0 Å². The van der Waals surface area contributed by atoms with Crippen molar-refractivity contribution in [3.8, 4) is 0 Å². The Kier molecular flexibility index (Phi) is 1.79. The van der Waals surface area contributed by atoms with E-state index < -0.39 is 0 Å². The summed E-state index contributed by atoms with van der Waals surface area (Å²) in [5.41, 5.74) is 2.67. The highest BCUT2D eigenvalue weighted by atomic mass is 14.7. The molecule has 4 saturated carbocycles. The number of fused-ring (bicyclic) bond motifs is 1. The second-order valence-corrected chi connectivity index (χ2v) is 6.87. The van der Waals surface area contributed by atoms with E-state index in [4.69, 9.17) is 0 Å². The number of hydrogen-bond acceptors (Lipinski definition) is 0. The van der Waals surface area contributed by atoms with E-state index in [1.165, 1.54) is 32.1 Å². The highest BCUT2D eigenvalue weighted by Crippen LogP contribution is 2.70. The summed E-state index contributed by atoms with van der Waals surface area (Å²) in [4.78, 5) is 0. The predicted molar refractivity (Wildman–Crippen MR) is 64.6 cm³/mol. The molecule has 0 radical (unpaired) electrons. The molecule has 84 valence electrons. The maximum Gasteiger partial charge on any atom is -0.00597 e. The Bertz CT molecular complexity index is 316. The number of hydrogen-bond donors (Lipinski definition) is 0. The van der Waals surface area contributed by atoms with Crippen LogP contribution in [0, 0.1) is 28.6 Å². The topological polar surface area (TPSA) is 0 Å². The largest absolute Gasteiger partial charge is 0.0990 e. The molecule has 4 fully saturated rings. The van der Waals surface area contributed by atoms with Crippen molar-refractivity contribution in [1.82, 2.24) is 0 Å². The molecule has 0 aromatic carbocycles. The van der Waals surface area contributed by atoms with Gasteiger partial charge in [0.15, 0.2) is 0 Å². The van der Waals surface area contributed by atoms with Crippen LogP contribution in [0.4, 0.5) is 0 Å². The van der Waals surface area contributed by atoms with Gasteiger partial charge in [0, 0.05) is 0 Å². The lowest BCUT2D eigenvalue weighted by Gasteiger charge is -2.67. The summed E-state index contributed by atoms with van der Waals surface area (Å²) >= 11 is 0. The van der Waals surface area contributed by atoms with Crippen LogP contribution in [0.1, 0.15) is 52.9 Å². The molecule has 4 rings (SSSR count). The molecule has 4 aliphatic rings. The highest BCUT2D eigenvalue weighted by molar-refractivity contribution is 5.28.